The van der Waals surface area contributed by atoms with Gasteiger partial charge in [-0.25, -0.2) is 8.42 Å². The summed E-state index contributed by atoms with van der Waals surface area (Å²) in [6.45, 7) is 9.90. The fourth-order valence-corrected chi connectivity index (χ4v) is 4.39. The van der Waals surface area contributed by atoms with E-state index in [1.165, 1.54) is 4.90 Å². The molecule has 0 radical (unpaired) electrons. The Kier molecular flexibility index (Phi) is 10.1. The van der Waals surface area contributed by atoms with Crippen molar-refractivity contribution in [1.82, 2.24) is 10.2 Å². The largest absolute Gasteiger partial charge is 0.492 e. The number of para-hydroxylation sites is 2. The average Bonchev–Trinajstić information content (AvgIpc) is 2.80. The molecule has 0 aliphatic carbocycles. The van der Waals surface area contributed by atoms with E-state index in [2.05, 4.69) is 5.32 Å². The highest BCUT2D eigenvalue weighted by molar-refractivity contribution is 7.92. The van der Waals surface area contributed by atoms with Crippen molar-refractivity contribution in [2.24, 2.45) is 5.92 Å². The third kappa shape index (κ3) is 7.99. The Morgan fingerprint density at radius 3 is 2.26 bits per heavy atom. The first kappa shape index (κ1) is 28.2. The molecule has 1 atom stereocenters. The first-order valence-corrected chi connectivity index (χ1v) is 13.6. The number of ether oxygens (including phenoxy) is 1. The summed E-state index contributed by atoms with van der Waals surface area (Å²) in [6.07, 6.45) is 1.05. The third-order valence-corrected chi connectivity index (χ3v) is 6.69. The van der Waals surface area contributed by atoms with Crippen molar-refractivity contribution >= 4 is 27.5 Å². The van der Waals surface area contributed by atoms with Crippen molar-refractivity contribution < 1.29 is 22.7 Å². The number of hydrogen-bond donors (Lipinski definition) is 1. The topological polar surface area (TPSA) is 96.0 Å². The summed E-state index contributed by atoms with van der Waals surface area (Å²) in [7, 11) is -3.83. The van der Waals surface area contributed by atoms with Gasteiger partial charge >= 0.3 is 0 Å². The van der Waals surface area contributed by atoms with Crippen LogP contribution in [-0.2, 0) is 26.2 Å². The summed E-state index contributed by atoms with van der Waals surface area (Å²) in [4.78, 5) is 28.0. The minimum Gasteiger partial charge on any atom is -0.492 e. The van der Waals surface area contributed by atoms with E-state index in [1.54, 1.807) is 38.1 Å². The molecule has 0 saturated carbocycles. The lowest BCUT2D eigenvalue weighted by molar-refractivity contribution is -0.139. The monoisotopic (exact) mass is 503 g/mol. The lowest BCUT2D eigenvalue weighted by Gasteiger charge is -2.32. The van der Waals surface area contributed by atoms with Crippen molar-refractivity contribution in [3.63, 3.8) is 0 Å². The van der Waals surface area contributed by atoms with Gasteiger partial charge in [-0.3, -0.25) is 13.9 Å². The second-order valence-corrected chi connectivity index (χ2v) is 10.8. The van der Waals surface area contributed by atoms with Crippen LogP contribution in [0.4, 0.5) is 5.69 Å². The van der Waals surface area contributed by atoms with Gasteiger partial charge < -0.3 is 15.0 Å². The van der Waals surface area contributed by atoms with E-state index in [1.807, 2.05) is 45.0 Å². The number of amides is 2. The maximum Gasteiger partial charge on any atom is 0.244 e. The number of aryl methyl sites for hydroxylation is 1. The third-order valence-electron chi connectivity index (χ3n) is 5.57. The van der Waals surface area contributed by atoms with E-state index in [0.29, 0.717) is 18.9 Å². The Morgan fingerprint density at radius 2 is 1.66 bits per heavy atom. The first-order chi connectivity index (χ1) is 16.5. The first-order valence-electron chi connectivity index (χ1n) is 11.8. The highest BCUT2D eigenvalue weighted by Gasteiger charge is 2.31. The predicted octanol–water partition coefficient (Wildman–Crippen LogP) is 3.35. The van der Waals surface area contributed by atoms with Gasteiger partial charge in [0.1, 0.15) is 18.3 Å². The molecule has 0 heterocycles. The van der Waals surface area contributed by atoms with E-state index in [0.717, 1.165) is 21.7 Å². The minimum absolute atomic E-state index is 0.173. The van der Waals surface area contributed by atoms with Gasteiger partial charge in [0.15, 0.2) is 0 Å². The van der Waals surface area contributed by atoms with Gasteiger partial charge in [0.25, 0.3) is 0 Å². The summed E-state index contributed by atoms with van der Waals surface area (Å²) in [6, 6.07) is 13.5. The molecule has 0 aromatic heterocycles. The van der Waals surface area contributed by atoms with Crippen molar-refractivity contribution in [3.05, 3.63) is 59.7 Å². The number of carbonyl (C=O) groups is 2. The number of hydrogen-bond acceptors (Lipinski definition) is 5. The molecule has 0 spiro atoms. The van der Waals surface area contributed by atoms with E-state index in [4.69, 9.17) is 4.74 Å². The normalized spacial score (nSPS) is 12.2. The van der Waals surface area contributed by atoms with Crippen LogP contribution in [0.15, 0.2) is 48.5 Å². The molecule has 2 aromatic rings. The van der Waals surface area contributed by atoms with Crippen LogP contribution in [-0.4, -0.2) is 57.1 Å². The van der Waals surface area contributed by atoms with Gasteiger partial charge in [0.2, 0.25) is 21.8 Å². The number of benzene rings is 2. The standard InChI is InChI=1S/C26H37N3O5S/c1-7-34-24-15-11-10-14-23(24)29(35(6,32)33)18-25(30)28(17-22-13-9-8-12-20(22)4)21(5)26(31)27-16-19(2)3/h8-15,19,21H,7,16-18H2,1-6H3,(H,27,31). The SMILES string of the molecule is CCOc1ccccc1N(CC(=O)N(Cc1ccccc1C)C(C)C(=O)NCC(C)C)S(C)(=O)=O. The van der Waals surface area contributed by atoms with Crippen LogP contribution >= 0.6 is 0 Å². The highest BCUT2D eigenvalue weighted by atomic mass is 32.2. The van der Waals surface area contributed by atoms with Crippen molar-refractivity contribution in [1.29, 1.82) is 0 Å². The second-order valence-electron chi connectivity index (χ2n) is 8.93. The van der Waals surface area contributed by atoms with Crippen molar-refractivity contribution in [3.8, 4) is 5.75 Å². The lowest BCUT2D eigenvalue weighted by atomic mass is 10.1. The molecule has 0 saturated heterocycles. The van der Waals surface area contributed by atoms with E-state index < -0.39 is 28.5 Å². The van der Waals surface area contributed by atoms with Gasteiger partial charge in [-0.1, -0.05) is 50.2 Å². The number of anilines is 1. The van der Waals surface area contributed by atoms with Crippen LogP contribution in [0.5, 0.6) is 5.75 Å². The number of nitrogens with one attached hydrogen (secondary N) is 1. The van der Waals surface area contributed by atoms with Gasteiger partial charge in [0, 0.05) is 13.1 Å². The molecular formula is C26H37N3O5S. The fraction of sp³-hybridized carbons (Fsp3) is 0.462. The molecule has 1 unspecified atom stereocenters. The Hall–Kier alpha value is -3.07. The summed E-state index contributed by atoms with van der Waals surface area (Å²) in [5.74, 6) is -0.165. The van der Waals surface area contributed by atoms with Gasteiger partial charge in [-0.05, 0) is 49.9 Å². The quantitative estimate of drug-likeness (QED) is 0.479. The smallest absolute Gasteiger partial charge is 0.244 e. The van der Waals surface area contributed by atoms with Crippen LogP contribution in [0.25, 0.3) is 0 Å². The molecule has 8 nitrogen and oxygen atoms in total. The summed E-state index contributed by atoms with van der Waals surface area (Å²) in [5.41, 5.74) is 2.13. The molecule has 9 heteroatoms. The highest BCUT2D eigenvalue weighted by Crippen LogP contribution is 2.30. The van der Waals surface area contributed by atoms with Crippen molar-refractivity contribution in [2.45, 2.75) is 47.2 Å². The van der Waals surface area contributed by atoms with Gasteiger partial charge in [0.05, 0.1) is 18.6 Å². The molecule has 0 fully saturated rings. The summed E-state index contributed by atoms with van der Waals surface area (Å²) >= 11 is 0. The van der Waals surface area contributed by atoms with Crippen molar-refractivity contribution in [2.75, 3.05) is 30.3 Å². The Morgan fingerprint density at radius 1 is 1.03 bits per heavy atom. The molecule has 1 N–H and O–H groups in total. The minimum atomic E-state index is -3.83. The van der Waals surface area contributed by atoms with E-state index in [9.17, 15) is 18.0 Å². The maximum absolute atomic E-state index is 13.6. The maximum atomic E-state index is 13.6. The zero-order chi connectivity index (χ0) is 26.2. The molecule has 35 heavy (non-hydrogen) atoms. The number of sulfonamides is 1. The van der Waals surface area contributed by atoms with Crippen LogP contribution in [0.2, 0.25) is 0 Å². The summed E-state index contributed by atoms with van der Waals surface area (Å²) in [5, 5.41) is 2.87. The molecule has 192 valence electrons. The molecule has 2 rings (SSSR count). The molecule has 2 amide bonds. The van der Waals surface area contributed by atoms with E-state index in [-0.39, 0.29) is 24.1 Å². The van der Waals surface area contributed by atoms with Crippen LogP contribution in [0.1, 0.15) is 38.8 Å². The molecule has 2 aromatic carbocycles. The lowest BCUT2D eigenvalue weighted by Crippen LogP contribution is -2.51. The van der Waals surface area contributed by atoms with Crippen LogP contribution < -0.4 is 14.4 Å². The number of nitrogens with zero attached hydrogens (tertiary/aromatic N) is 2. The van der Waals surface area contributed by atoms with Crippen LogP contribution in [0, 0.1) is 12.8 Å². The second kappa shape index (κ2) is 12.6. The average molecular weight is 504 g/mol. The predicted molar refractivity (Wildman–Crippen MR) is 139 cm³/mol. The number of carbonyl (C=O) groups excluding carboxylic acids is 2. The molecular weight excluding hydrogens is 466 g/mol. The Bertz CT molecular complexity index is 1120. The van der Waals surface area contributed by atoms with Crippen LogP contribution in [0.3, 0.4) is 0 Å². The Balaban J connectivity index is 2.43. The molecule has 0 aliphatic rings. The van der Waals surface area contributed by atoms with Gasteiger partial charge in [-0.15, -0.1) is 0 Å². The van der Waals surface area contributed by atoms with Gasteiger partial charge in [-0.2, -0.15) is 0 Å². The zero-order valence-corrected chi connectivity index (χ0v) is 22.3. The fourth-order valence-electron chi connectivity index (χ4n) is 3.54. The zero-order valence-electron chi connectivity index (χ0n) is 21.4. The van der Waals surface area contributed by atoms with E-state index >= 15 is 0 Å². The Labute approximate surface area is 209 Å². The summed E-state index contributed by atoms with van der Waals surface area (Å²) < 4.78 is 32.2. The molecule has 0 aliphatic heterocycles. The molecule has 0 bridgehead atoms. The number of rotatable bonds is 12.